The Balaban J connectivity index is 1.53. The number of carbonyl (C=O) groups is 1. The molecule has 1 aromatic carbocycles. The highest BCUT2D eigenvalue weighted by atomic mass is 16.3. The molecule has 3 nitrogen and oxygen atoms in total. The van der Waals surface area contributed by atoms with Gasteiger partial charge < -0.3 is 10.4 Å². The number of hydrogen-bond donors (Lipinski definition) is 2. The molecule has 4 saturated carbocycles. The molecule has 4 aliphatic rings. The molecule has 5 rings (SSSR count). The van der Waals surface area contributed by atoms with E-state index in [9.17, 15) is 9.90 Å². The van der Waals surface area contributed by atoms with E-state index >= 15 is 0 Å². The number of amides is 1. The molecule has 0 heterocycles. The normalized spacial score (nSPS) is 40.5. The zero-order valence-corrected chi connectivity index (χ0v) is 13.2. The summed E-state index contributed by atoms with van der Waals surface area (Å²) in [6.07, 6.45) is 5.64. The van der Waals surface area contributed by atoms with Gasteiger partial charge in [-0.1, -0.05) is 30.3 Å². The first kappa shape index (κ1) is 14.3. The molecule has 2 N–H and O–H groups in total. The Bertz CT molecular complexity index is 568. The Morgan fingerprint density at radius 2 is 1.82 bits per heavy atom. The van der Waals surface area contributed by atoms with Crippen LogP contribution in [0, 0.1) is 17.3 Å². The van der Waals surface area contributed by atoms with Crippen molar-refractivity contribution in [3.63, 3.8) is 0 Å². The van der Waals surface area contributed by atoms with E-state index in [4.69, 9.17) is 0 Å². The molecule has 1 amide bonds. The van der Waals surface area contributed by atoms with Gasteiger partial charge in [0.05, 0.1) is 17.1 Å². The van der Waals surface area contributed by atoms with Crippen LogP contribution >= 0.6 is 0 Å². The van der Waals surface area contributed by atoms with E-state index in [1.807, 2.05) is 25.1 Å². The van der Waals surface area contributed by atoms with Gasteiger partial charge in [0.2, 0.25) is 5.91 Å². The minimum Gasteiger partial charge on any atom is -0.390 e. The molecule has 2 unspecified atom stereocenters. The van der Waals surface area contributed by atoms with E-state index < -0.39 is 5.60 Å². The van der Waals surface area contributed by atoms with Gasteiger partial charge in [-0.25, -0.2) is 0 Å². The molecule has 4 bridgehead atoms. The number of aliphatic hydroxyl groups is 1. The zero-order chi connectivity index (χ0) is 15.4. The molecule has 3 heteroatoms. The summed E-state index contributed by atoms with van der Waals surface area (Å²) in [5.74, 6) is 1.25. The van der Waals surface area contributed by atoms with Gasteiger partial charge >= 0.3 is 0 Å². The zero-order valence-electron chi connectivity index (χ0n) is 13.2. The topological polar surface area (TPSA) is 49.3 Å². The van der Waals surface area contributed by atoms with Crippen LogP contribution < -0.4 is 5.32 Å². The smallest absolute Gasteiger partial charge is 0.226 e. The molecule has 0 saturated heterocycles. The molecule has 0 aliphatic heterocycles. The first-order valence-corrected chi connectivity index (χ1v) is 8.56. The van der Waals surface area contributed by atoms with Crippen molar-refractivity contribution in [2.75, 3.05) is 0 Å². The van der Waals surface area contributed by atoms with Crippen LogP contribution in [0.25, 0.3) is 0 Å². The van der Waals surface area contributed by atoms with E-state index in [0.29, 0.717) is 18.3 Å². The SMILES string of the molecule is C[C@@H](NC(=O)C12C[C@@H]3C[C@@H](CC(O)(C3)C1)C2)c1ccccc1. The lowest BCUT2D eigenvalue weighted by Gasteiger charge is -2.59. The van der Waals surface area contributed by atoms with Crippen LogP contribution in [0.2, 0.25) is 0 Å². The van der Waals surface area contributed by atoms with Crippen LogP contribution in [-0.4, -0.2) is 16.6 Å². The third-order valence-electron chi connectivity index (χ3n) is 6.16. The highest BCUT2D eigenvalue weighted by molar-refractivity contribution is 5.83. The second kappa shape index (κ2) is 4.82. The fraction of sp³-hybridized carbons (Fsp3) is 0.632. The van der Waals surface area contributed by atoms with Crippen molar-refractivity contribution in [3.8, 4) is 0 Å². The van der Waals surface area contributed by atoms with Crippen LogP contribution in [0.3, 0.4) is 0 Å². The van der Waals surface area contributed by atoms with Crippen molar-refractivity contribution in [1.29, 1.82) is 0 Å². The summed E-state index contributed by atoms with van der Waals surface area (Å²) in [5, 5.41) is 14.0. The Morgan fingerprint density at radius 1 is 1.18 bits per heavy atom. The maximum absolute atomic E-state index is 13.0. The molecule has 1 aromatic rings. The van der Waals surface area contributed by atoms with E-state index in [1.165, 1.54) is 6.42 Å². The van der Waals surface area contributed by atoms with Crippen LogP contribution in [0.5, 0.6) is 0 Å². The van der Waals surface area contributed by atoms with Crippen molar-refractivity contribution in [3.05, 3.63) is 35.9 Å². The summed E-state index contributed by atoms with van der Waals surface area (Å²) < 4.78 is 0. The molecular formula is C19H25NO2. The summed E-state index contributed by atoms with van der Waals surface area (Å²) in [4.78, 5) is 13.0. The van der Waals surface area contributed by atoms with Crippen LogP contribution in [0.4, 0.5) is 0 Å². The summed E-state index contributed by atoms with van der Waals surface area (Å²) >= 11 is 0. The van der Waals surface area contributed by atoms with Crippen molar-refractivity contribution < 1.29 is 9.90 Å². The molecule has 4 fully saturated rings. The lowest BCUT2D eigenvalue weighted by molar-refractivity contribution is -0.178. The Labute approximate surface area is 132 Å². The second-order valence-corrected chi connectivity index (χ2v) is 8.07. The van der Waals surface area contributed by atoms with Gasteiger partial charge in [0.15, 0.2) is 0 Å². The molecule has 0 aromatic heterocycles. The second-order valence-electron chi connectivity index (χ2n) is 8.07. The highest BCUT2D eigenvalue weighted by Gasteiger charge is 2.60. The van der Waals surface area contributed by atoms with Gasteiger partial charge in [-0.3, -0.25) is 4.79 Å². The Hall–Kier alpha value is -1.35. The van der Waals surface area contributed by atoms with Crippen LogP contribution in [-0.2, 0) is 4.79 Å². The molecule has 22 heavy (non-hydrogen) atoms. The van der Waals surface area contributed by atoms with Gasteiger partial charge in [-0.15, -0.1) is 0 Å². The maximum Gasteiger partial charge on any atom is 0.226 e. The van der Waals surface area contributed by atoms with Gasteiger partial charge in [-0.05, 0) is 62.8 Å². The fourth-order valence-electron chi connectivity index (χ4n) is 5.65. The Kier molecular flexibility index (Phi) is 3.12. The Morgan fingerprint density at radius 3 is 2.41 bits per heavy atom. The van der Waals surface area contributed by atoms with E-state index in [2.05, 4.69) is 17.4 Å². The van der Waals surface area contributed by atoms with Crippen molar-refractivity contribution in [1.82, 2.24) is 5.32 Å². The van der Waals surface area contributed by atoms with Gasteiger partial charge in [-0.2, -0.15) is 0 Å². The first-order chi connectivity index (χ1) is 10.5. The third kappa shape index (κ3) is 2.26. The number of rotatable bonds is 3. The molecular weight excluding hydrogens is 274 g/mol. The molecule has 5 atom stereocenters. The standard InChI is InChI=1S/C19H25NO2/c1-13(16-5-3-2-4-6-16)20-17(21)18-8-14-7-15(9-18)11-19(22,10-14)12-18/h2-6,13-15,22H,7-12H2,1H3,(H,20,21)/t13-,14-,15+,18?,19?/m1/s1. The summed E-state index contributed by atoms with van der Waals surface area (Å²) in [6, 6.07) is 10.1. The third-order valence-corrected chi connectivity index (χ3v) is 6.16. The fourth-order valence-corrected chi connectivity index (χ4v) is 5.65. The lowest BCUT2D eigenvalue weighted by atomic mass is 9.47. The minimum absolute atomic E-state index is 0.0244. The largest absolute Gasteiger partial charge is 0.390 e. The molecule has 118 valence electrons. The van der Waals surface area contributed by atoms with Crippen molar-refractivity contribution in [2.45, 2.75) is 57.1 Å². The van der Waals surface area contributed by atoms with Gasteiger partial charge in [0.25, 0.3) is 0 Å². The van der Waals surface area contributed by atoms with Crippen LogP contribution in [0.1, 0.15) is 57.1 Å². The average Bonchev–Trinajstić information content (AvgIpc) is 2.45. The number of nitrogens with one attached hydrogen (secondary N) is 1. The summed E-state index contributed by atoms with van der Waals surface area (Å²) in [6.45, 7) is 2.04. The summed E-state index contributed by atoms with van der Waals surface area (Å²) in [5.41, 5.74) is 0.249. The average molecular weight is 299 g/mol. The van der Waals surface area contributed by atoms with Gasteiger partial charge in [0, 0.05) is 0 Å². The van der Waals surface area contributed by atoms with E-state index in [-0.39, 0.29) is 17.4 Å². The quantitative estimate of drug-likeness (QED) is 0.900. The van der Waals surface area contributed by atoms with Crippen LogP contribution in [0.15, 0.2) is 30.3 Å². The predicted molar refractivity (Wildman–Crippen MR) is 85.1 cm³/mol. The molecule has 0 spiro atoms. The predicted octanol–water partition coefficient (Wildman–Crippen LogP) is 3.20. The number of hydrogen-bond acceptors (Lipinski definition) is 2. The first-order valence-electron chi connectivity index (χ1n) is 8.56. The van der Waals surface area contributed by atoms with Crippen molar-refractivity contribution in [2.24, 2.45) is 17.3 Å². The van der Waals surface area contributed by atoms with E-state index in [0.717, 1.165) is 31.2 Å². The van der Waals surface area contributed by atoms with E-state index in [1.54, 1.807) is 0 Å². The number of benzene rings is 1. The number of carbonyl (C=O) groups excluding carboxylic acids is 1. The molecule has 0 radical (unpaired) electrons. The lowest BCUT2D eigenvalue weighted by Crippen LogP contribution is -2.60. The highest BCUT2D eigenvalue weighted by Crippen LogP contribution is 2.61. The monoisotopic (exact) mass is 299 g/mol. The summed E-state index contributed by atoms with van der Waals surface area (Å²) in [7, 11) is 0. The maximum atomic E-state index is 13.0. The van der Waals surface area contributed by atoms with Gasteiger partial charge in [0.1, 0.15) is 0 Å². The molecule has 4 aliphatic carbocycles. The van der Waals surface area contributed by atoms with Crippen molar-refractivity contribution >= 4 is 5.91 Å². The minimum atomic E-state index is -0.572.